The van der Waals surface area contributed by atoms with Gasteiger partial charge in [0, 0.05) is 50.1 Å². The number of hydrogen-bond donors (Lipinski definition) is 2. The Morgan fingerprint density at radius 2 is 2.16 bits per heavy atom. The summed E-state index contributed by atoms with van der Waals surface area (Å²) in [6.45, 7) is 2.86. The van der Waals surface area contributed by atoms with E-state index in [1.807, 2.05) is 0 Å². The number of amides is 1. The molecule has 2 aliphatic heterocycles. The lowest BCUT2D eigenvalue weighted by Gasteiger charge is -2.19. The van der Waals surface area contributed by atoms with Gasteiger partial charge in [-0.2, -0.15) is 0 Å². The van der Waals surface area contributed by atoms with Crippen molar-refractivity contribution in [3.63, 3.8) is 0 Å². The molecule has 102 valence electrons. The molecule has 3 aliphatic rings. The fourth-order valence-electron chi connectivity index (χ4n) is 3.28. The summed E-state index contributed by atoms with van der Waals surface area (Å²) < 4.78 is 2.42. The quantitative estimate of drug-likeness (QED) is 0.840. The zero-order valence-corrected chi connectivity index (χ0v) is 11.1. The van der Waals surface area contributed by atoms with Gasteiger partial charge in [-0.05, 0) is 19.3 Å². The lowest BCUT2D eigenvalue weighted by molar-refractivity contribution is -0.119. The van der Waals surface area contributed by atoms with Gasteiger partial charge in [0.2, 0.25) is 5.91 Å². The molecule has 0 aromatic carbocycles. The summed E-state index contributed by atoms with van der Waals surface area (Å²) in [5, 5.41) is 6.48. The Balaban J connectivity index is 1.64. The van der Waals surface area contributed by atoms with Crippen LogP contribution in [0.15, 0.2) is 0 Å². The molecule has 0 bridgehead atoms. The second-order valence-corrected chi connectivity index (χ2v) is 5.98. The van der Waals surface area contributed by atoms with Gasteiger partial charge in [-0.1, -0.05) is 0 Å². The number of fused-ring (bicyclic) bond motifs is 1. The Morgan fingerprint density at radius 3 is 2.89 bits per heavy atom. The largest absolute Gasteiger partial charge is 0.352 e. The van der Waals surface area contributed by atoms with Crippen LogP contribution in [0.5, 0.6) is 0 Å². The van der Waals surface area contributed by atoms with E-state index in [0.29, 0.717) is 18.4 Å². The standard InChI is InChI=1S/C14H20N4O/c19-13-4-3-10(16-13)8-18-12-5-6-15-7-11(12)17-14(18)9-1-2-9/h9-10,15H,1-8H2,(H,16,19). The van der Waals surface area contributed by atoms with Crippen LogP contribution in [0, 0.1) is 0 Å². The van der Waals surface area contributed by atoms with Crippen molar-refractivity contribution in [2.45, 2.75) is 57.2 Å². The first-order valence-corrected chi connectivity index (χ1v) is 7.39. The first kappa shape index (κ1) is 11.5. The Kier molecular flexibility index (Phi) is 2.62. The molecule has 1 unspecified atom stereocenters. The smallest absolute Gasteiger partial charge is 0.220 e. The SMILES string of the molecule is O=C1CCC(Cn2c(C3CC3)nc3c2CCNC3)N1. The van der Waals surface area contributed by atoms with Crippen molar-refractivity contribution in [3.8, 4) is 0 Å². The summed E-state index contributed by atoms with van der Waals surface area (Å²) in [6.07, 6.45) is 5.27. The molecular weight excluding hydrogens is 240 g/mol. The van der Waals surface area contributed by atoms with Gasteiger partial charge >= 0.3 is 0 Å². The van der Waals surface area contributed by atoms with Gasteiger partial charge in [0.05, 0.1) is 5.69 Å². The number of imidazole rings is 1. The first-order valence-electron chi connectivity index (χ1n) is 7.39. The number of nitrogens with zero attached hydrogens (tertiary/aromatic N) is 2. The molecule has 1 atom stereocenters. The zero-order valence-electron chi connectivity index (χ0n) is 11.1. The van der Waals surface area contributed by atoms with Gasteiger partial charge in [-0.3, -0.25) is 4.79 Å². The molecule has 1 amide bonds. The van der Waals surface area contributed by atoms with Crippen molar-refractivity contribution in [1.29, 1.82) is 0 Å². The highest BCUT2D eigenvalue weighted by molar-refractivity contribution is 5.78. The number of carbonyl (C=O) groups is 1. The minimum Gasteiger partial charge on any atom is -0.352 e. The van der Waals surface area contributed by atoms with E-state index in [9.17, 15) is 4.79 Å². The molecular formula is C14H20N4O. The van der Waals surface area contributed by atoms with E-state index in [-0.39, 0.29) is 5.91 Å². The normalized spacial score (nSPS) is 26.3. The lowest BCUT2D eigenvalue weighted by Crippen LogP contribution is -2.32. The van der Waals surface area contributed by atoms with Crippen molar-refractivity contribution in [2.75, 3.05) is 6.54 Å². The predicted octanol–water partition coefficient (Wildman–Crippen LogP) is 0.685. The van der Waals surface area contributed by atoms with Crippen LogP contribution in [-0.2, 0) is 24.3 Å². The summed E-state index contributed by atoms with van der Waals surface area (Å²) in [5.41, 5.74) is 2.64. The van der Waals surface area contributed by atoms with E-state index in [1.165, 1.54) is 30.1 Å². The third-order valence-corrected chi connectivity index (χ3v) is 4.45. The Bertz CT molecular complexity index is 518. The average Bonchev–Trinajstić information content (AvgIpc) is 3.09. The Hall–Kier alpha value is -1.36. The van der Waals surface area contributed by atoms with Crippen molar-refractivity contribution in [2.24, 2.45) is 0 Å². The van der Waals surface area contributed by atoms with E-state index >= 15 is 0 Å². The molecule has 1 aliphatic carbocycles. The van der Waals surface area contributed by atoms with Crippen LogP contribution < -0.4 is 10.6 Å². The van der Waals surface area contributed by atoms with Crippen molar-refractivity contribution >= 4 is 5.91 Å². The van der Waals surface area contributed by atoms with E-state index < -0.39 is 0 Å². The van der Waals surface area contributed by atoms with E-state index in [4.69, 9.17) is 4.98 Å². The summed E-state index contributed by atoms with van der Waals surface area (Å²) in [7, 11) is 0. The maximum Gasteiger partial charge on any atom is 0.220 e. The molecule has 1 aromatic rings. The van der Waals surface area contributed by atoms with Crippen LogP contribution in [0.1, 0.15) is 48.8 Å². The van der Waals surface area contributed by atoms with Gasteiger partial charge < -0.3 is 15.2 Å². The van der Waals surface area contributed by atoms with Gasteiger partial charge in [0.25, 0.3) is 0 Å². The van der Waals surface area contributed by atoms with E-state index in [2.05, 4.69) is 15.2 Å². The minimum absolute atomic E-state index is 0.202. The second kappa shape index (κ2) is 4.34. The van der Waals surface area contributed by atoms with Crippen LogP contribution in [0.3, 0.4) is 0 Å². The highest BCUT2D eigenvalue weighted by atomic mass is 16.1. The molecule has 5 heteroatoms. The predicted molar refractivity (Wildman–Crippen MR) is 70.8 cm³/mol. The van der Waals surface area contributed by atoms with Crippen LogP contribution in [-0.4, -0.2) is 28.0 Å². The minimum atomic E-state index is 0.202. The van der Waals surface area contributed by atoms with Crippen LogP contribution >= 0.6 is 0 Å². The number of aromatic nitrogens is 2. The van der Waals surface area contributed by atoms with Crippen molar-refractivity contribution in [3.05, 3.63) is 17.2 Å². The molecule has 2 N–H and O–H groups in total. The van der Waals surface area contributed by atoms with E-state index in [1.54, 1.807) is 0 Å². The van der Waals surface area contributed by atoms with Crippen molar-refractivity contribution < 1.29 is 4.79 Å². The topological polar surface area (TPSA) is 59.0 Å². The van der Waals surface area contributed by atoms with Crippen LogP contribution in [0.25, 0.3) is 0 Å². The van der Waals surface area contributed by atoms with Crippen LogP contribution in [0.2, 0.25) is 0 Å². The molecule has 1 saturated heterocycles. The lowest BCUT2D eigenvalue weighted by atomic mass is 10.1. The zero-order chi connectivity index (χ0) is 12.8. The molecule has 3 heterocycles. The highest BCUT2D eigenvalue weighted by Gasteiger charge is 2.33. The molecule has 0 spiro atoms. The Labute approximate surface area is 112 Å². The molecule has 0 radical (unpaired) electrons. The van der Waals surface area contributed by atoms with Crippen LogP contribution in [0.4, 0.5) is 0 Å². The maximum absolute atomic E-state index is 11.4. The molecule has 2 fully saturated rings. The summed E-state index contributed by atoms with van der Waals surface area (Å²) >= 11 is 0. The average molecular weight is 260 g/mol. The fraction of sp³-hybridized carbons (Fsp3) is 0.714. The van der Waals surface area contributed by atoms with Gasteiger partial charge in [-0.25, -0.2) is 4.98 Å². The third kappa shape index (κ3) is 2.06. The first-order chi connectivity index (χ1) is 9.31. The fourth-order valence-corrected chi connectivity index (χ4v) is 3.28. The number of hydrogen-bond acceptors (Lipinski definition) is 3. The second-order valence-electron chi connectivity index (χ2n) is 5.98. The number of rotatable bonds is 3. The van der Waals surface area contributed by atoms with Gasteiger partial charge in [0.15, 0.2) is 0 Å². The van der Waals surface area contributed by atoms with Gasteiger partial charge in [0.1, 0.15) is 5.82 Å². The number of carbonyl (C=O) groups excluding carboxylic acids is 1. The monoisotopic (exact) mass is 260 g/mol. The summed E-state index contributed by atoms with van der Waals surface area (Å²) in [6, 6.07) is 0.304. The Morgan fingerprint density at radius 1 is 1.26 bits per heavy atom. The molecule has 1 aromatic heterocycles. The summed E-state index contributed by atoms with van der Waals surface area (Å²) in [5.74, 6) is 2.14. The third-order valence-electron chi connectivity index (χ3n) is 4.45. The highest BCUT2D eigenvalue weighted by Crippen LogP contribution is 2.40. The van der Waals surface area contributed by atoms with Crippen molar-refractivity contribution in [1.82, 2.24) is 20.2 Å². The number of nitrogens with one attached hydrogen (secondary N) is 2. The molecule has 1 saturated carbocycles. The van der Waals surface area contributed by atoms with Gasteiger partial charge in [-0.15, -0.1) is 0 Å². The molecule has 5 nitrogen and oxygen atoms in total. The summed E-state index contributed by atoms with van der Waals surface area (Å²) in [4.78, 5) is 16.2. The molecule has 19 heavy (non-hydrogen) atoms. The maximum atomic E-state index is 11.4. The molecule has 4 rings (SSSR count). The van der Waals surface area contributed by atoms with E-state index in [0.717, 1.165) is 32.5 Å².